The fraction of sp³-hybridized carbons (Fsp3) is 0.611. The SMILES string of the molecule is CCC(CNc1ccc(CCC(=O)O)cc1)C1CCCC1. The van der Waals surface area contributed by atoms with Crippen molar-refractivity contribution in [2.45, 2.75) is 51.9 Å². The lowest BCUT2D eigenvalue weighted by molar-refractivity contribution is -0.136. The maximum atomic E-state index is 10.6. The third-order valence-electron chi connectivity index (χ3n) is 4.74. The Hall–Kier alpha value is -1.51. The topological polar surface area (TPSA) is 49.3 Å². The summed E-state index contributed by atoms with van der Waals surface area (Å²) < 4.78 is 0. The quantitative estimate of drug-likeness (QED) is 0.748. The number of carbonyl (C=O) groups is 1. The summed E-state index contributed by atoms with van der Waals surface area (Å²) in [5, 5.41) is 12.2. The van der Waals surface area contributed by atoms with E-state index in [1.807, 2.05) is 12.1 Å². The fourth-order valence-corrected chi connectivity index (χ4v) is 3.36. The van der Waals surface area contributed by atoms with E-state index < -0.39 is 5.97 Å². The molecular weight excluding hydrogens is 262 g/mol. The smallest absolute Gasteiger partial charge is 0.303 e. The van der Waals surface area contributed by atoms with Gasteiger partial charge in [-0.15, -0.1) is 0 Å². The number of benzene rings is 1. The van der Waals surface area contributed by atoms with E-state index in [4.69, 9.17) is 5.11 Å². The molecule has 1 aromatic carbocycles. The maximum absolute atomic E-state index is 10.6. The minimum Gasteiger partial charge on any atom is -0.481 e. The molecule has 1 fully saturated rings. The first-order valence-electron chi connectivity index (χ1n) is 8.23. The molecule has 0 saturated heterocycles. The number of aryl methyl sites for hydroxylation is 1. The summed E-state index contributed by atoms with van der Waals surface area (Å²) in [6, 6.07) is 8.20. The molecule has 3 nitrogen and oxygen atoms in total. The van der Waals surface area contributed by atoms with Gasteiger partial charge in [0.1, 0.15) is 0 Å². The van der Waals surface area contributed by atoms with Crippen LogP contribution in [0, 0.1) is 11.8 Å². The first-order valence-corrected chi connectivity index (χ1v) is 8.23. The third kappa shape index (κ3) is 5.07. The van der Waals surface area contributed by atoms with Gasteiger partial charge in [-0.2, -0.15) is 0 Å². The zero-order chi connectivity index (χ0) is 15.1. The summed E-state index contributed by atoms with van der Waals surface area (Å²) in [5.41, 5.74) is 2.23. The van der Waals surface area contributed by atoms with Gasteiger partial charge in [0, 0.05) is 18.7 Å². The van der Waals surface area contributed by atoms with Crippen LogP contribution in [-0.2, 0) is 11.2 Å². The average molecular weight is 289 g/mol. The number of anilines is 1. The lowest BCUT2D eigenvalue weighted by atomic mass is 9.88. The molecular formula is C18H27NO2. The summed E-state index contributed by atoms with van der Waals surface area (Å²) >= 11 is 0. The van der Waals surface area contributed by atoms with Gasteiger partial charge in [0.15, 0.2) is 0 Å². The average Bonchev–Trinajstić information content (AvgIpc) is 3.01. The molecule has 21 heavy (non-hydrogen) atoms. The van der Waals surface area contributed by atoms with Crippen LogP contribution in [0.2, 0.25) is 0 Å². The molecule has 2 rings (SSSR count). The molecule has 0 amide bonds. The van der Waals surface area contributed by atoms with Crippen molar-refractivity contribution in [1.29, 1.82) is 0 Å². The Morgan fingerprint density at radius 3 is 2.52 bits per heavy atom. The fourth-order valence-electron chi connectivity index (χ4n) is 3.36. The van der Waals surface area contributed by atoms with Crippen molar-refractivity contribution in [3.63, 3.8) is 0 Å². The van der Waals surface area contributed by atoms with Crippen molar-refractivity contribution in [1.82, 2.24) is 0 Å². The molecule has 1 saturated carbocycles. The van der Waals surface area contributed by atoms with E-state index in [0.29, 0.717) is 6.42 Å². The molecule has 1 aliphatic rings. The van der Waals surface area contributed by atoms with Gasteiger partial charge in [0.05, 0.1) is 0 Å². The molecule has 1 aromatic rings. The number of nitrogens with one attached hydrogen (secondary N) is 1. The highest BCUT2D eigenvalue weighted by molar-refractivity contribution is 5.67. The number of aliphatic carboxylic acids is 1. The molecule has 0 spiro atoms. The van der Waals surface area contributed by atoms with E-state index in [9.17, 15) is 4.79 Å². The van der Waals surface area contributed by atoms with Crippen LogP contribution in [-0.4, -0.2) is 17.6 Å². The van der Waals surface area contributed by atoms with Gasteiger partial charge in [0.25, 0.3) is 0 Å². The highest BCUT2D eigenvalue weighted by Gasteiger charge is 2.23. The van der Waals surface area contributed by atoms with E-state index in [2.05, 4.69) is 24.4 Å². The second kappa shape index (κ2) is 8.06. The molecule has 0 heterocycles. The van der Waals surface area contributed by atoms with Crippen molar-refractivity contribution in [2.75, 3.05) is 11.9 Å². The second-order valence-corrected chi connectivity index (χ2v) is 6.18. The van der Waals surface area contributed by atoms with E-state index >= 15 is 0 Å². The number of hydrogen-bond acceptors (Lipinski definition) is 2. The van der Waals surface area contributed by atoms with Crippen molar-refractivity contribution >= 4 is 11.7 Å². The first kappa shape index (κ1) is 15.9. The lowest BCUT2D eigenvalue weighted by Gasteiger charge is -2.23. The van der Waals surface area contributed by atoms with Gasteiger partial charge >= 0.3 is 5.97 Å². The van der Waals surface area contributed by atoms with Gasteiger partial charge in [-0.25, -0.2) is 0 Å². The highest BCUT2D eigenvalue weighted by atomic mass is 16.4. The molecule has 116 valence electrons. The Morgan fingerprint density at radius 2 is 1.95 bits per heavy atom. The molecule has 0 radical (unpaired) electrons. The zero-order valence-corrected chi connectivity index (χ0v) is 13.0. The second-order valence-electron chi connectivity index (χ2n) is 6.18. The van der Waals surface area contributed by atoms with Crippen LogP contribution in [0.3, 0.4) is 0 Å². The van der Waals surface area contributed by atoms with Crippen LogP contribution in [0.5, 0.6) is 0 Å². The minimum atomic E-state index is -0.737. The van der Waals surface area contributed by atoms with Gasteiger partial charge in [-0.1, -0.05) is 51.2 Å². The molecule has 1 aliphatic carbocycles. The Bertz CT molecular complexity index is 435. The predicted molar refractivity (Wildman–Crippen MR) is 86.6 cm³/mol. The van der Waals surface area contributed by atoms with Crippen molar-refractivity contribution in [3.8, 4) is 0 Å². The summed E-state index contributed by atoms with van der Waals surface area (Å²) in [7, 11) is 0. The number of carboxylic acids is 1. The third-order valence-corrected chi connectivity index (χ3v) is 4.74. The molecule has 0 bridgehead atoms. The van der Waals surface area contributed by atoms with Crippen molar-refractivity contribution < 1.29 is 9.90 Å². The number of hydrogen-bond donors (Lipinski definition) is 2. The van der Waals surface area contributed by atoms with Crippen LogP contribution in [0.4, 0.5) is 5.69 Å². The van der Waals surface area contributed by atoms with Crippen LogP contribution >= 0.6 is 0 Å². The Kier molecular flexibility index (Phi) is 6.09. The summed E-state index contributed by atoms with van der Waals surface area (Å²) in [4.78, 5) is 10.6. The monoisotopic (exact) mass is 289 g/mol. The molecule has 1 atom stereocenters. The predicted octanol–water partition coefficient (Wildman–Crippen LogP) is 4.33. The Balaban J connectivity index is 1.80. The number of carboxylic acid groups (broad SMARTS) is 1. The lowest BCUT2D eigenvalue weighted by Crippen LogP contribution is -2.20. The molecule has 0 aromatic heterocycles. The molecule has 2 N–H and O–H groups in total. The van der Waals surface area contributed by atoms with E-state index in [1.165, 1.54) is 32.1 Å². The normalized spacial score (nSPS) is 16.8. The molecule has 3 heteroatoms. The Labute approximate surface area is 127 Å². The molecule has 1 unspecified atom stereocenters. The zero-order valence-electron chi connectivity index (χ0n) is 13.0. The van der Waals surface area contributed by atoms with Gasteiger partial charge in [-0.05, 0) is 36.0 Å². The standard InChI is InChI=1S/C18H27NO2/c1-2-15(16-5-3-4-6-16)13-19-17-10-7-14(8-11-17)9-12-18(20)21/h7-8,10-11,15-16,19H,2-6,9,12-13H2,1H3,(H,20,21). The molecule has 0 aliphatic heterocycles. The largest absolute Gasteiger partial charge is 0.481 e. The minimum absolute atomic E-state index is 0.201. The summed E-state index contributed by atoms with van der Waals surface area (Å²) in [6.07, 6.45) is 7.65. The van der Waals surface area contributed by atoms with Gasteiger partial charge in [0.2, 0.25) is 0 Å². The van der Waals surface area contributed by atoms with Crippen LogP contribution < -0.4 is 5.32 Å². The summed E-state index contributed by atoms with van der Waals surface area (Å²) in [6.45, 7) is 3.34. The number of rotatable bonds is 8. The van der Waals surface area contributed by atoms with E-state index in [-0.39, 0.29) is 6.42 Å². The van der Waals surface area contributed by atoms with Gasteiger partial charge in [-0.3, -0.25) is 4.79 Å². The first-order chi connectivity index (χ1) is 10.2. The van der Waals surface area contributed by atoms with E-state index in [0.717, 1.165) is 29.6 Å². The van der Waals surface area contributed by atoms with Crippen LogP contribution in [0.25, 0.3) is 0 Å². The van der Waals surface area contributed by atoms with Crippen LogP contribution in [0.15, 0.2) is 24.3 Å². The summed E-state index contributed by atoms with van der Waals surface area (Å²) in [5.74, 6) is 0.941. The maximum Gasteiger partial charge on any atom is 0.303 e. The Morgan fingerprint density at radius 1 is 1.29 bits per heavy atom. The van der Waals surface area contributed by atoms with Gasteiger partial charge < -0.3 is 10.4 Å². The highest BCUT2D eigenvalue weighted by Crippen LogP contribution is 2.33. The van der Waals surface area contributed by atoms with E-state index in [1.54, 1.807) is 0 Å². The van der Waals surface area contributed by atoms with Crippen molar-refractivity contribution in [3.05, 3.63) is 29.8 Å². The van der Waals surface area contributed by atoms with Crippen LogP contribution in [0.1, 0.15) is 51.0 Å². The van der Waals surface area contributed by atoms with Crippen molar-refractivity contribution in [2.24, 2.45) is 11.8 Å².